The fraction of sp³-hybridized carbons (Fsp3) is 0.595. The number of nitrogens with zero attached hydrogens (tertiary/aromatic N) is 1. The number of aliphatic hydroxyl groups excluding tert-OH is 2. The van der Waals surface area contributed by atoms with Gasteiger partial charge in [0.2, 0.25) is 106 Å². The predicted octanol–water partition coefficient (Wildman–Crippen LogP) is -7.61. The molecule has 0 aliphatic rings. The van der Waals surface area contributed by atoms with Gasteiger partial charge in [0.15, 0.2) is 17.9 Å². The van der Waals surface area contributed by atoms with E-state index in [2.05, 4.69) is 106 Å². The lowest BCUT2D eigenvalue weighted by atomic mass is 9.98. The van der Waals surface area contributed by atoms with E-state index in [1.807, 2.05) is 0 Å². The van der Waals surface area contributed by atoms with Gasteiger partial charge in [-0.05, 0) is 119 Å². The van der Waals surface area contributed by atoms with Crippen molar-refractivity contribution in [2.75, 3.05) is 26.2 Å². The number of aromatic amines is 1. The number of primary amides is 3. The largest absolute Gasteiger partial charge is 0.394 e. The van der Waals surface area contributed by atoms with Crippen molar-refractivity contribution < 1.29 is 96.5 Å². The molecule has 3 rings (SSSR count). The van der Waals surface area contributed by atoms with Gasteiger partial charge in [-0.1, -0.05) is 91.8 Å². The highest BCUT2D eigenvalue weighted by molar-refractivity contribution is 7.09. The molecular formula is C84H137N29O20S. The molecule has 0 aliphatic heterocycles. The molecule has 0 bridgehead atoms. The summed E-state index contributed by atoms with van der Waals surface area (Å²) in [6, 6.07) is -11.9. The topological polar surface area (TPSA) is 821 Å². The monoisotopic (exact) mass is 1900 g/mol. The van der Waals surface area contributed by atoms with Gasteiger partial charge in [-0.2, -0.15) is 0 Å². The number of benzene rings is 1. The van der Waals surface area contributed by atoms with Crippen LogP contribution in [0.25, 0.3) is 0 Å². The van der Waals surface area contributed by atoms with Crippen molar-refractivity contribution in [3.8, 4) is 0 Å². The number of aromatic nitrogens is 2. The van der Waals surface area contributed by atoms with Crippen molar-refractivity contribution in [2.24, 2.45) is 58.1 Å². The number of hydrogen-bond acceptors (Lipinski definition) is 25. The Morgan fingerprint density at radius 2 is 0.761 bits per heavy atom. The zero-order valence-corrected chi connectivity index (χ0v) is 78.1. The summed E-state index contributed by atoms with van der Waals surface area (Å²) >= 11 is 1.29. The van der Waals surface area contributed by atoms with E-state index < -0.39 is 265 Å². The second-order valence-corrected chi connectivity index (χ2v) is 35.0. The van der Waals surface area contributed by atoms with Crippen LogP contribution in [0.3, 0.4) is 0 Å². The van der Waals surface area contributed by atoms with Crippen LogP contribution < -0.4 is 130 Å². The second kappa shape index (κ2) is 59.0. The van der Waals surface area contributed by atoms with Crippen molar-refractivity contribution in [2.45, 2.75) is 269 Å². The SMILES string of the molecule is CC(=O)N[C@@H](C)C(=O)N[C@@H](CO)C(=O)N[C@@H](CC(C)C)C(=O)N[C@@H](CCCNC(=N)N)C(=O)N[C@@H](Cc1c[nH]cn1)C(=O)N[C@@H](Cc1ccccc1)C(=O)N[C@@H](CC(C)C)C(=O)N[C@@H](CC(N)=O)C(=O)N[C@@H](CC(C)C)C(=O)N[C@H](C(=O)N[C@H](C(=O)N[C@@H](CCCNC(=N)N)C(=O)N[C@@H](CCC(N)=O)C(=O)N[C@@H](CCCNC(=N)N)C(=O)N[C@@H](Cc1cccs1)C(N)=O)[C@@H](C)O)C(C)C. The minimum Gasteiger partial charge on any atom is -0.394 e. The molecule has 134 heavy (non-hydrogen) atoms. The smallest absolute Gasteiger partial charge is 0.245 e. The van der Waals surface area contributed by atoms with E-state index in [-0.39, 0.29) is 108 Å². The number of nitrogens with one attached hydrogen (secondary N) is 22. The van der Waals surface area contributed by atoms with E-state index in [1.165, 1.54) is 51.6 Å². The molecule has 16 atom stereocenters. The summed E-state index contributed by atoms with van der Waals surface area (Å²) < 4.78 is 0. The molecule has 18 amide bonds. The quantitative estimate of drug-likeness (QED) is 0.0142. The van der Waals surface area contributed by atoms with Gasteiger partial charge >= 0.3 is 0 Å². The summed E-state index contributed by atoms with van der Waals surface area (Å²) in [5.74, 6) is -21.1. The minimum atomic E-state index is -1.94. The zero-order chi connectivity index (χ0) is 101. The Morgan fingerprint density at radius 1 is 0.396 bits per heavy atom. The van der Waals surface area contributed by atoms with Crippen molar-refractivity contribution in [3.05, 3.63) is 76.5 Å². The first kappa shape index (κ1) is 114. The second-order valence-electron chi connectivity index (χ2n) is 33.9. The first-order chi connectivity index (χ1) is 63.0. The number of amides is 18. The molecule has 0 spiro atoms. The van der Waals surface area contributed by atoms with Crippen LogP contribution in [0, 0.1) is 39.9 Å². The summed E-state index contributed by atoms with van der Waals surface area (Å²) in [4.78, 5) is 259. The predicted molar refractivity (Wildman–Crippen MR) is 492 cm³/mol. The van der Waals surface area contributed by atoms with Crippen molar-refractivity contribution in [1.29, 1.82) is 16.2 Å². The van der Waals surface area contributed by atoms with Crippen molar-refractivity contribution >= 4 is 136 Å². The molecule has 2 aromatic heterocycles. The fourth-order valence-corrected chi connectivity index (χ4v) is 14.2. The Bertz CT molecular complexity index is 4450. The van der Waals surface area contributed by atoms with Gasteiger partial charge in [0, 0.05) is 63.3 Å². The van der Waals surface area contributed by atoms with Gasteiger partial charge in [0.25, 0.3) is 0 Å². The number of carbonyl (C=O) groups excluding carboxylic acids is 18. The number of rotatable bonds is 62. The van der Waals surface area contributed by atoms with E-state index in [1.54, 1.807) is 89.4 Å². The van der Waals surface area contributed by atoms with Crippen LogP contribution in [0.1, 0.15) is 169 Å². The van der Waals surface area contributed by atoms with E-state index in [4.69, 9.17) is 50.6 Å². The summed E-state index contributed by atoms with van der Waals surface area (Å²) in [7, 11) is 0. The third-order valence-corrected chi connectivity index (χ3v) is 21.2. The zero-order valence-electron chi connectivity index (χ0n) is 77.3. The number of carbonyl (C=O) groups is 18. The number of imidazole rings is 1. The average Bonchev–Trinajstić information content (AvgIpc) is 1.21. The lowest BCUT2D eigenvalue weighted by molar-refractivity contribution is -0.138. The van der Waals surface area contributed by atoms with Crippen LogP contribution in [0.4, 0.5) is 0 Å². The molecule has 36 N–H and O–H groups in total. The molecule has 0 unspecified atom stereocenters. The Kier molecular flexibility index (Phi) is 50.4. The molecule has 744 valence electrons. The third kappa shape index (κ3) is 44.0. The highest BCUT2D eigenvalue weighted by atomic mass is 32.1. The number of guanidine groups is 3. The molecule has 2 heterocycles. The van der Waals surface area contributed by atoms with Crippen LogP contribution in [0.2, 0.25) is 0 Å². The van der Waals surface area contributed by atoms with E-state index in [9.17, 15) is 86.9 Å². The first-order valence-corrected chi connectivity index (χ1v) is 44.8. The third-order valence-electron chi connectivity index (χ3n) is 20.3. The number of aliphatic hydroxyl groups is 2. The average molecular weight is 1910 g/mol. The van der Waals surface area contributed by atoms with Gasteiger partial charge in [0.05, 0.1) is 31.2 Å². The molecule has 0 fully saturated rings. The highest BCUT2D eigenvalue weighted by Crippen LogP contribution is 2.18. The molecule has 3 aromatic rings. The van der Waals surface area contributed by atoms with Gasteiger partial charge in [-0.3, -0.25) is 103 Å². The number of nitrogens with two attached hydrogens (primary N) is 6. The van der Waals surface area contributed by atoms with E-state index >= 15 is 9.59 Å². The Hall–Kier alpha value is -13.7. The van der Waals surface area contributed by atoms with Crippen molar-refractivity contribution in [3.63, 3.8) is 0 Å². The maximum Gasteiger partial charge on any atom is 0.245 e. The molecule has 50 heteroatoms. The fourth-order valence-electron chi connectivity index (χ4n) is 13.5. The first-order valence-electron chi connectivity index (χ1n) is 43.9. The highest BCUT2D eigenvalue weighted by Gasteiger charge is 2.41. The Morgan fingerprint density at radius 3 is 1.14 bits per heavy atom. The summed E-state index contributed by atoms with van der Waals surface area (Å²) in [6.45, 7) is 15.8. The standard InChI is InChI=1S/C84H137N29O20S/c1-41(2)31-56(107-79(131)62(39-114)111-68(120)45(9)99-47(11)116)73(125)101-52(23-16-28-96-83(90)91)71(123)109-60(35-49-38-94-40-98-49)76(128)108-59(34-48-19-13-12-14-20-48)75(127)105-57(32-42(3)4)74(126)110-61(37-64(86)118)77(129)106-58(33-43(5)6)78(130)112-65(44(7)8)80(132)113-66(46(10)115)81(133)103-53(24-17-29-97-84(92)93)69(121)102-54(25-26-63(85)117)72(124)100-51(22-15-27-95-82(88)89)70(122)104-55(67(87)119)36-50-21-18-30-134-50/h12-14,18-21,30,38,40-46,51-62,65-66,114-115H,15-17,22-29,31-37,39H2,1-11H3,(H2,85,117)(H2,86,118)(H2,87,119)(H,94,98)(H,99,116)(H,100,124)(H,101,125)(H,102,121)(H,103,133)(H,104,122)(H,105,127)(H,106,129)(H,107,131)(H,108,128)(H,109,123)(H,110,126)(H,111,120)(H,112,130)(H,113,132)(H4,88,89,95)(H4,90,91,96)(H4,92,93,97)/t45-,46+,51-,52-,53-,54-,55-,56-,57-,58-,59-,60-,61-,62-,65-,66-/m0/s1. The maximum atomic E-state index is 15.0. The lowest BCUT2D eigenvalue weighted by Gasteiger charge is -2.30. The summed E-state index contributed by atoms with van der Waals surface area (Å²) in [5, 5.41) is 91.7. The molecule has 0 aliphatic carbocycles. The number of H-pyrrole nitrogens is 1. The van der Waals surface area contributed by atoms with Crippen LogP contribution in [0.15, 0.2) is 60.4 Å². The number of hydrogen-bond donors (Lipinski definition) is 30. The maximum absolute atomic E-state index is 15.0. The summed E-state index contributed by atoms with van der Waals surface area (Å²) in [6.07, 6.45) is -2.52. The molecule has 0 saturated carbocycles. The van der Waals surface area contributed by atoms with Gasteiger partial charge < -0.3 is 145 Å². The number of thiophene rings is 1. The van der Waals surface area contributed by atoms with Gasteiger partial charge in [0.1, 0.15) is 90.6 Å². The molecule has 0 saturated heterocycles. The molecular weight excluding hydrogens is 1770 g/mol. The minimum absolute atomic E-state index is 0.00868. The van der Waals surface area contributed by atoms with Crippen LogP contribution in [-0.2, 0) is 106 Å². The van der Waals surface area contributed by atoms with Crippen LogP contribution in [-0.4, -0.2) is 267 Å². The van der Waals surface area contributed by atoms with Gasteiger partial charge in [-0.25, -0.2) is 4.98 Å². The Labute approximate surface area is 780 Å². The van der Waals surface area contributed by atoms with Gasteiger partial charge in [-0.15, -0.1) is 11.3 Å². The van der Waals surface area contributed by atoms with Crippen LogP contribution >= 0.6 is 11.3 Å². The Balaban J connectivity index is 2.01. The lowest BCUT2D eigenvalue weighted by Crippen LogP contribution is -2.63. The van der Waals surface area contributed by atoms with E-state index in [0.717, 1.165) is 6.92 Å². The van der Waals surface area contributed by atoms with E-state index in [0.29, 0.717) is 10.4 Å². The van der Waals surface area contributed by atoms with Crippen LogP contribution in [0.5, 0.6) is 0 Å². The normalized spacial score (nSPS) is 14.7. The van der Waals surface area contributed by atoms with Crippen molar-refractivity contribution in [1.82, 2.24) is 106 Å². The molecule has 49 nitrogen and oxygen atoms in total. The molecule has 1 aromatic carbocycles. The summed E-state index contributed by atoms with van der Waals surface area (Å²) in [5.41, 5.74) is 34.1. The molecule has 0 radical (unpaired) electrons.